The number of ether oxygens (including phenoxy) is 1. The van der Waals surface area contributed by atoms with Gasteiger partial charge >= 0.3 is 12.9 Å². The van der Waals surface area contributed by atoms with Crippen LogP contribution < -0.4 is 0 Å². The molecule has 1 rings (SSSR count). The van der Waals surface area contributed by atoms with E-state index in [0.717, 1.165) is 7.11 Å². The Balaban J connectivity index is 3.19. The summed E-state index contributed by atoms with van der Waals surface area (Å²) in [6.45, 7) is -4.99. The molecule has 7 heteroatoms. The van der Waals surface area contributed by atoms with Gasteiger partial charge in [-0.05, 0) is 17.7 Å². The van der Waals surface area contributed by atoms with E-state index in [4.69, 9.17) is 0 Å². The van der Waals surface area contributed by atoms with E-state index in [9.17, 15) is 17.7 Å². The van der Waals surface area contributed by atoms with E-state index in [1.165, 1.54) is 18.2 Å². The lowest BCUT2D eigenvalue weighted by atomic mass is 9.80. The minimum Gasteiger partial charge on any atom is -0.465 e. The van der Waals surface area contributed by atoms with Gasteiger partial charge in [0.25, 0.3) is 0 Å². The number of halogens is 4. The van der Waals surface area contributed by atoms with Crippen LogP contribution in [0.15, 0.2) is 22.7 Å². The van der Waals surface area contributed by atoms with Gasteiger partial charge in [0.2, 0.25) is 0 Å². The number of benzene rings is 1. The molecule has 0 bridgehead atoms. The quantitative estimate of drug-likeness (QED) is 0.632. The minimum atomic E-state index is -4.99. The summed E-state index contributed by atoms with van der Waals surface area (Å²) in [5.74, 6) is -0.767. The Morgan fingerprint density at radius 3 is 2.56 bits per heavy atom. The third-order valence-electron chi connectivity index (χ3n) is 1.96. The molecule has 0 saturated carbocycles. The molecule has 1 aromatic carbocycles. The van der Waals surface area contributed by atoms with Crippen LogP contribution >= 0.6 is 15.9 Å². The fourth-order valence-corrected chi connectivity index (χ4v) is 1.83. The van der Waals surface area contributed by atoms with Crippen LogP contribution in [0, 0.1) is 0 Å². The van der Waals surface area contributed by atoms with Crippen molar-refractivity contribution in [1.29, 1.82) is 0 Å². The van der Waals surface area contributed by atoms with Crippen molar-refractivity contribution in [2.45, 2.75) is 6.32 Å². The van der Waals surface area contributed by atoms with Gasteiger partial charge in [0.05, 0.1) is 12.7 Å². The summed E-state index contributed by atoms with van der Waals surface area (Å²) >= 11 is 3.00. The first-order chi connectivity index (χ1) is 7.35. The average molecular weight is 296 g/mol. The van der Waals surface area contributed by atoms with Gasteiger partial charge in [-0.2, -0.15) is 0 Å². The van der Waals surface area contributed by atoms with Crippen molar-refractivity contribution in [1.82, 2.24) is 0 Å². The zero-order chi connectivity index (χ0) is 12.3. The molecule has 1 aromatic rings. The molecule has 16 heavy (non-hydrogen) atoms. The van der Waals surface area contributed by atoms with E-state index in [0.29, 0.717) is 0 Å². The first kappa shape index (κ1) is 13.1. The number of esters is 1. The zero-order valence-electron chi connectivity index (χ0n) is 8.34. The molecule has 2 nitrogen and oxygen atoms in total. The third-order valence-corrected chi connectivity index (χ3v) is 2.70. The average Bonchev–Trinajstić information content (AvgIpc) is 2.18. The second-order valence-electron chi connectivity index (χ2n) is 3.17. The molecule has 0 radical (unpaired) electrons. The van der Waals surface area contributed by atoms with Crippen molar-refractivity contribution in [3.8, 4) is 0 Å². The molecule has 0 atom stereocenters. The number of methoxy groups -OCH3 is 1. The van der Waals surface area contributed by atoms with Crippen LogP contribution in [-0.2, 0) is 11.1 Å². The van der Waals surface area contributed by atoms with Crippen LogP contribution in [-0.4, -0.2) is 20.1 Å². The van der Waals surface area contributed by atoms with Crippen LogP contribution in [0.1, 0.15) is 15.9 Å². The Labute approximate surface area is 99.0 Å². The maximum Gasteiger partial charge on any atom is 0.482 e. The molecule has 0 aliphatic carbocycles. The van der Waals surface area contributed by atoms with Gasteiger partial charge in [0.15, 0.2) is 0 Å². The standard InChI is InChI=1S/C9H8BBrF3O2/c1-16-9(15)6-3-2-4-8(11)7(6)5-10(12,13)14/h2-4H,5H2,1H3/q-1. The van der Waals surface area contributed by atoms with Crippen molar-refractivity contribution in [3.05, 3.63) is 33.8 Å². The number of carbonyl (C=O) groups excluding carboxylic acids is 1. The van der Waals surface area contributed by atoms with Crippen molar-refractivity contribution in [2.24, 2.45) is 0 Å². The number of hydrogen-bond acceptors (Lipinski definition) is 2. The largest absolute Gasteiger partial charge is 0.482 e. The van der Waals surface area contributed by atoms with Gasteiger partial charge in [0.1, 0.15) is 0 Å². The summed E-state index contributed by atoms with van der Waals surface area (Å²) in [6, 6.07) is 4.26. The maximum atomic E-state index is 12.4. The van der Waals surface area contributed by atoms with E-state index < -0.39 is 19.3 Å². The first-order valence-corrected chi connectivity index (χ1v) is 5.21. The Bertz CT molecular complexity index is 406. The smallest absolute Gasteiger partial charge is 0.465 e. The topological polar surface area (TPSA) is 26.3 Å². The molecule has 0 saturated heterocycles. The Hall–Kier alpha value is -0.975. The highest BCUT2D eigenvalue weighted by Crippen LogP contribution is 2.26. The van der Waals surface area contributed by atoms with Crippen LogP contribution in [0.3, 0.4) is 0 Å². The first-order valence-electron chi connectivity index (χ1n) is 4.42. The minimum absolute atomic E-state index is 0.0592. The number of rotatable bonds is 3. The second-order valence-corrected chi connectivity index (χ2v) is 4.03. The van der Waals surface area contributed by atoms with Crippen LogP contribution in [0.2, 0.25) is 0 Å². The van der Waals surface area contributed by atoms with Crippen LogP contribution in [0.25, 0.3) is 0 Å². The molecule has 0 aliphatic heterocycles. The van der Waals surface area contributed by atoms with E-state index in [2.05, 4.69) is 20.7 Å². The lowest BCUT2D eigenvalue weighted by molar-refractivity contribution is 0.0599. The maximum absolute atomic E-state index is 12.4. The SMILES string of the molecule is COC(=O)c1cccc(Br)c1C[B-](F)(F)F. The van der Waals surface area contributed by atoms with Crippen molar-refractivity contribution >= 4 is 28.9 Å². The molecule has 0 amide bonds. The second kappa shape index (κ2) is 4.90. The Kier molecular flexibility index (Phi) is 4.01. The summed E-state index contributed by atoms with van der Waals surface area (Å²) in [5, 5.41) is 0. The Morgan fingerprint density at radius 2 is 2.06 bits per heavy atom. The molecule has 0 spiro atoms. The molecule has 0 heterocycles. The number of hydrogen-bond donors (Lipinski definition) is 0. The van der Waals surface area contributed by atoms with Crippen molar-refractivity contribution < 1.29 is 22.5 Å². The predicted octanol–water partition coefficient (Wildman–Crippen LogP) is 3.16. The lowest BCUT2D eigenvalue weighted by Gasteiger charge is -2.17. The van der Waals surface area contributed by atoms with Gasteiger partial charge in [0, 0.05) is 4.47 Å². The van der Waals surface area contributed by atoms with Gasteiger partial charge in [-0.3, -0.25) is 0 Å². The van der Waals surface area contributed by atoms with E-state index in [1.54, 1.807) is 0 Å². The summed E-state index contributed by atoms with van der Waals surface area (Å²) in [6.07, 6.45) is -1.11. The molecular weight excluding hydrogens is 288 g/mol. The normalized spacial score (nSPS) is 11.3. The van der Waals surface area contributed by atoms with Gasteiger partial charge in [-0.15, -0.1) is 0 Å². The highest BCUT2D eigenvalue weighted by molar-refractivity contribution is 9.10. The van der Waals surface area contributed by atoms with Crippen molar-refractivity contribution in [2.75, 3.05) is 7.11 Å². The van der Waals surface area contributed by atoms with Gasteiger partial charge < -0.3 is 17.7 Å². The van der Waals surface area contributed by atoms with Gasteiger partial charge in [-0.25, -0.2) is 4.79 Å². The Morgan fingerprint density at radius 1 is 1.44 bits per heavy atom. The van der Waals surface area contributed by atoms with E-state index in [-0.39, 0.29) is 15.6 Å². The fourth-order valence-electron chi connectivity index (χ4n) is 1.30. The van der Waals surface area contributed by atoms with Crippen LogP contribution in [0.5, 0.6) is 0 Å². The molecule has 0 fully saturated rings. The lowest BCUT2D eigenvalue weighted by Crippen LogP contribution is -2.22. The highest BCUT2D eigenvalue weighted by atomic mass is 79.9. The summed E-state index contributed by atoms with van der Waals surface area (Å²) in [4.78, 5) is 11.3. The summed E-state index contributed by atoms with van der Waals surface area (Å²) in [7, 11) is 1.13. The van der Waals surface area contributed by atoms with Crippen LogP contribution in [0.4, 0.5) is 12.9 Å². The molecule has 0 N–H and O–H groups in total. The zero-order valence-corrected chi connectivity index (χ0v) is 9.93. The summed E-state index contributed by atoms with van der Waals surface area (Å²) < 4.78 is 41.8. The van der Waals surface area contributed by atoms with Gasteiger partial charge in [-0.1, -0.05) is 28.3 Å². The van der Waals surface area contributed by atoms with E-state index in [1.807, 2.05) is 0 Å². The molecule has 0 aliphatic rings. The predicted molar refractivity (Wildman–Crippen MR) is 58.3 cm³/mol. The van der Waals surface area contributed by atoms with E-state index >= 15 is 0 Å². The molecular formula is C9H8BBrF3O2-. The summed E-state index contributed by atoms with van der Waals surface area (Å²) in [5.41, 5.74) is -0.141. The molecule has 0 aromatic heterocycles. The third kappa shape index (κ3) is 3.26. The monoisotopic (exact) mass is 295 g/mol. The molecule has 88 valence electrons. The molecule has 0 unspecified atom stereocenters. The number of carbonyl (C=O) groups is 1. The van der Waals surface area contributed by atoms with Crippen molar-refractivity contribution in [3.63, 3.8) is 0 Å². The fraction of sp³-hybridized carbons (Fsp3) is 0.222. The highest BCUT2D eigenvalue weighted by Gasteiger charge is 2.27.